The summed E-state index contributed by atoms with van der Waals surface area (Å²) in [7, 11) is 0. The molecule has 1 unspecified atom stereocenters. The maximum Gasteiger partial charge on any atom is 0.0198 e. The number of nitrogens with zero attached hydrogens (tertiary/aromatic N) is 2. The molecule has 2 heterocycles. The topological polar surface area (TPSA) is 25.8 Å². The van der Waals surface area contributed by atoms with E-state index in [1.54, 1.807) is 6.20 Å². The normalized spacial score (nSPS) is 11.5. The Morgan fingerprint density at radius 2 is 1.35 bits per heavy atom. The number of benzene rings is 3. The molecule has 0 bridgehead atoms. The number of aromatic nitrogens is 2. The van der Waals surface area contributed by atoms with E-state index in [9.17, 15) is 0 Å². The standard InChI is InChI=1S/C23H24N.C11H8N.Ir/c1-17(18-9-6-5-7-10-18)20-13-14-22(24-16-20)19-11-8-12-21(15-19)23(2,3)4;1-2-6-10(7-3-1)11-8-4-5-9-12-11;/h5-10,12-17H,1-4H3;1-6,8-9H;/q2*-1;. The van der Waals surface area contributed by atoms with Gasteiger partial charge < -0.3 is 9.97 Å². The van der Waals surface area contributed by atoms with Crippen LogP contribution in [-0.4, -0.2) is 9.97 Å². The molecule has 0 aliphatic heterocycles. The van der Waals surface area contributed by atoms with Gasteiger partial charge in [-0.1, -0.05) is 82.3 Å². The van der Waals surface area contributed by atoms with Gasteiger partial charge in [-0.3, -0.25) is 0 Å². The van der Waals surface area contributed by atoms with E-state index in [2.05, 4.69) is 104 Å². The molecule has 189 valence electrons. The third-order valence-corrected chi connectivity index (χ3v) is 6.18. The Bertz CT molecular complexity index is 1310. The summed E-state index contributed by atoms with van der Waals surface area (Å²) < 4.78 is 0. The van der Waals surface area contributed by atoms with E-state index < -0.39 is 0 Å². The fourth-order valence-electron chi connectivity index (χ4n) is 3.91. The summed E-state index contributed by atoms with van der Waals surface area (Å²) >= 11 is 0. The molecule has 0 aliphatic carbocycles. The van der Waals surface area contributed by atoms with Gasteiger partial charge >= 0.3 is 0 Å². The molecule has 3 aromatic carbocycles. The summed E-state index contributed by atoms with van der Waals surface area (Å²) in [6, 6.07) is 41.3. The van der Waals surface area contributed by atoms with Crippen LogP contribution in [0.15, 0.2) is 116 Å². The molecule has 1 radical (unpaired) electrons. The van der Waals surface area contributed by atoms with E-state index in [4.69, 9.17) is 0 Å². The summed E-state index contributed by atoms with van der Waals surface area (Å²) in [5, 5.41) is 0. The monoisotopic (exact) mass is 661 g/mol. The van der Waals surface area contributed by atoms with Gasteiger partial charge in [0.15, 0.2) is 0 Å². The van der Waals surface area contributed by atoms with E-state index in [0.717, 1.165) is 22.5 Å². The van der Waals surface area contributed by atoms with E-state index in [1.165, 1.54) is 16.7 Å². The average Bonchev–Trinajstić information content (AvgIpc) is 2.94. The first-order valence-corrected chi connectivity index (χ1v) is 12.3. The number of hydrogen-bond acceptors (Lipinski definition) is 2. The van der Waals surface area contributed by atoms with Crippen LogP contribution in [0.5, 0.6) is 0 Å². The van der Waals surface area contributed by atoms with Crippen molar-refractivity contribution in [3.8, 4) is 22.5 Å². The first-order valence-electron chi connectivity index (χ1n) is 12.3. The quantitative estimate of drug-likeness (QED) is 0.181. The van der Waals surface area contributed by atoms with Crippen LogP contribution in [0.25, 0.3) is 22.5 Å². The van der Waals surface area contributed by atoms with Gasteiger partial charge in [-0.05, 0) is 34.0 Å². The third-order valence-electron chi connectivity index (χ3n) is 6.18. The molecule has 2 aromatic heterocycles. The molecule has 0 saturated carbocycles. The van der Waals surface area contributed by atoms with Gasteiger partial charge in [0.2, 0.25) is 0 Å². The van der Waals surface area contributed by atoms with Gasteiger partial charge in [-0.15, -0.1) is 71.3 Å². The van der Waals surface area contributed by atoms with Crippen molar-refractivity contribution in [2.45, 2.75) is 39.0 Å². The minimum Gasteiger partial charge on any atom is -0.305 e. The smallest absolute Gasteiger partial charge is 0.0198 e. The Hall–Kier alpha value is -3.39. The van der Waals surface area contributed by atoms with Crippen LogP contribution >= 0.6 is 0 Å². The summed E-state index contributed by atoms with van der Waals surface area (Å²) in [6.07, 6.45) is 3.78. The Balaban J connectivity index is 0.000000246. The Morgan fingerprint density at radius 3 is 1.97 bits per heavy atom. The predicted molar refractivity (Wildman–Crippen MR) is 150 cm³/mol. The SMILES string of the molecule is CC(c1ccccc1)c1ccc(-c2[c-]ccc(C(C)(C)C)c2)nc1.[Ir].[c-]1ccccc1-c1ccccn1. The number of rotatable bonds is 4. The average molecular weight is 661 g/mol. The van der Waals surface area contributed by atoms with Crippen LogP contribution in [0.4, 0.5) is 0 Å². The molecule has 0 saturated heterocycles. The van der Waals surface area contributed by atoms with Crippen molar-refractivity contribution in [3.05, 3.63) is 144 Å². The zero-order chi connectivity index (χ0) is 25.4. The Morgan fingerprint density at radius 1 is 0.649 bits per heavy atom. The van der Waals surface area contributed by atoms with Crippen molar-refractivity contribution >= 4 is 0 Å². The minimum absolute atomic E-state index is 0. The molecule has 5 rings (SSSR count). The Kier molecular flexibility index (Phi) is 10.1. The molecular formula is C34H32IrN2-2. The summed E-state index contributed by atoms with van der Waals surface area (Å²) in [5.41, 5.74) is 8.03. The van der Waals surface area contributed by atoms with Crippen molar-refractivity contribution in [1.29, 1.82) is 0 Å². The third kappa shape index (κ3) is 7.79. The largest absolute Gasteiger partial charge is 0.305 e. The van der Waals surface area contributed by atoms with Gasteiger partial charge in [-0.2, -0.15) is 0 Å². The minimum atomic E-state index is 0. The predicted octanol–water partition coefficient (Wildman–Crippen LogP) is 8.54. The second-order valence-corrected chi connectivity index (χ2v) is 9.84. The molecule has 0 N–H and O–H groups in total. The van der Waals surface area contributed by atoms with Crippen LogP contribution in [0, 0.1) is 12.1 Å². The van der Waals surface area contributed by atoms with Crippen molar-refractivity contribution < 1.29 is 20.1 Å². The molecule has 1 atom stereocenters. The summed E-state index contributed by atoms with van der Waals surface area (Å²) in [5.74, 6) is 0.345. The molecule has 2 nitrogen and oxygen atoms in total. The molecule has 0 amide bonds. The summed E-state index contributed by atoms with van der Waals surface area (Å²) in [4.78, 5) is 8.91. The molecule has 0 aliphatic rings. The van der Waals surface area contributed by atoms with E-state index in [-0.39, 0.29) is 25.5 Å². The zero-order valence-corrected chi connectivity index (χ0v) is 24.2. The maximum absolute atomic E-state index is 4.69. The fourth-order valence-corrected chi connectivity index (χ4v) is 3.91. The molecule has 0 spiro atoms. The molecule has 0 fully saturated rings. The first-order chi connectivity index (χ1) is 17.4. The van der Waals surface area contributed by atoms with E-state index >= 15 is 0 Å². The van der Waals surface area contributed by atoms with Crippen molar-refractivity contribution in [2.24, 2.45) is 0 Å². The van der Waals surface area contributed by atoms with Gasteiger partial charge in [0, 0.05) is 38.4 Å². The molecular weight excluding hydrogens is 629 g/mol. The van der Waals surface area contributed by atoms with Crippen molar-refractivity contribution in [1.82, 2.24) is 9.97 Å². The molecule has 3 heteroatoms. The Labute approximate surface area is 235 Å². The number of pyridine rings is 2. The van der Waals surface area contributed by atoms with Gasteiger partial charge in [0.05, 0.1) is 0 Å². The van der Waals surface area contributed by atoms with Gasteiger partial charge in [0.25, 0.3) is 0 Å². The van der Waals surface area contributed by atoms with Gasteiger partial charge in [0.1, 0.15) is 0 Å². The fraction of sp³-hybridized carbons (Fsp3) is 0.176. The van der Waals surface area contributed by atoms with E-state index in [0.29, 0.717) is 5.92 Å². The number of hydrogen-bond donors (Lipinski definition) is 0. The van der Waals surface area contributed by atoms with Crippen LogP contribution in [0.2, 0.25) is 0 Å². The van der Waals surface area contributed by atoms with Crippen molar-refractivity contribution in [2.75, 3.05) is 0 Å². The first kappa shape index (κ1) is 28.2. The second-order valence-electron chi connectivity index (χ2n) is 9.84. The van der Waals surface area contributed by atoms with Crippen molar-refractivity contribution in [3.63, 3.8) is 0 Å². The molecule has 37 heavy (non-hydrogen) atoms. The van der Waals surface area contributed by atoms with Crippen LogP contribution in [0.1, 0.15) is 50.3 Å². The van der Waals surface area contributed by atoms with Crippen LogP contribution in [-0.2, 0) is 25.5 Å². The zero-order valence-electron chi connectivity index (χ0n) is 21.8. The van der Waals surface area contributed by atoms with Crippen LogP contribution in [0.3, 0.4) is 0 Å². The maximum atomic E-state index is 4.69. The second kappa shape index (κ2) is 13.2. The van der Waals surface area contributed by atoms with Crippen LogP contribution < -0.4 is 0 Å². The summed E-state index contributed by atoms with van der Waals surface area (Å²) in [6.45, 7) is 8.90. The molecule has 5 aromatic rings. The van der Waals surface area contributed by atoms with Gasteiger partial charge in [-0.25, -0.2) is 0 Å². The van der Waals surface area contributed by atoms with E-state index in [1.807, 2.05) is 54.7 Å².